The van der Waals surface area contributed by atoms with Gasteiger partial charge in [0.2, 0.25) is 0 Å². The first-order valence-corrected chi connectivity index (χ1v) is 8.46. The summed E-state index contributed by atoms with van der Waals surface area (Å²) >= 11 is 0. The molecule has 3 unspecified atom stereocenters. The van der Waals surface area contributed by atoms with Crippen molar-refractivity contribution in [1.82, 2.24) is 0 Å². The van der Waals surface area contributed by atoms with Crippen LogP contribution in [0.15, 0.2) is 23.2 Å². The minimum absolute atomic E-state index is 0. The number of hydrogen-bond acceptors (Lipinski definition) is 4. The van der Waals surface area contributed by atoms with Gasteiger partial charge in [0, 0.05) is 36.6 Å². The van der Waals surface area contributed by atoms with Crippen molar-refractivity contribution < 1.29 is 14.2 Å². The Bertz CT molecular complexity index is 636. The molecule has 7 heteroatoms. The Morgan fingerprint density at radius 2 is 1.96 bits per heavy atom. The number of nitrogens with one attached hydrogen (secondary N) is 1. The lowest BCUT2D eigenvalue weighted by atomic mass is 9.58. The third-order valence-electron chi connectivity index (χ3n) is 5.02. The van der Waals surface area contributed by atoms with Crippen LogP contribution in [0.5, 0.6) is 11.5 Å². The Kier molecular flexibility index (Phi) is 6.42. The first-order chi connectivity index (χ1) is 11.4. The summed E-state index contributed by atoms with van der Waals surface area (Å²) in [6.07, 6.45) is 1.09. The van der Waals surface area contributed by atoms with E-state index in [1.807, 2.05) is 18.2 Å². The quantitative estimate of drug-likeness (QED) is 0.411. The van der Waals surface area contributed by atoms with Gasteiger partial charge in [0.05, 0.1) is 25.4 Å². The zero-order valence-electron chi connectivity index (χ0n) is 15.2. The molecule has 25 heavy (non-hydrogen) atoms. The number of halogens is 1. The Morgan fingerprint density at radius 3 is 2.60 bits per heavy atom. The summed E-state index contributed by atoms with van der Waals surface area (Å²) in [5.74, 6) is 2.26. The molecule has 0 aromatic heterocycles. The van der Waals surface area contributed by atoms with E-state index in [1.54, 1.807) is 7.11 Å². The molecular formula is C18H28IN3O3. The van der Waals surface area contributed by atoms with Crippen molar-refractivity contribution >= 4 is 35.6 Å². The maximum absolute atomic E-state index is 6.12. The van der Waals surface area contributed by atoms with E-state index < -0.39 is 0 Å². The molecule has 0 spiro atoms. The number of fused-ring (bicyclic) bond motifs is 1. The molecule has 1 aliphatic carbocycles. The van der Waals surface area contributed by atoms with Crippen LogP contribution in [-0.2, 0) is 4.74 Å². The Morgan fingerprint density at radius 1 is 1.28 bits per heavy atom. The van der Waals surface area contributed by atoms with Crippen LogP contribution in [0.1, 0.15) is 27.2 Å². The lowest BCUT2D eigenvalue weighted by Crippen LogP contribution is -2.61. The van der Waals surface area contributed by atoms with E-state index in [0.29, 0.717) is 25.1 Å². The van der Waals surface area contributed by atoms with Gasteiger partial charge in [0.1, 0.15) is 0 Å². The molecule has 6 nitrogen and oxygen atoms in total. The molecule has 1 fully saturated rings. The Labute approximate surface area is 166 Å². The Hall–Kier alpha value is -1.22. The van der Waals surface area contributed by atoms with E-state index >= 15 is 0 Å². The summed E-state index contributed by atoms with van der Waals surface area (Å²) in [6, 6.07) is 5.85. The average molecular weight is 461 g/mol. The number of hydrogen-bond donors (Lipinski definition) is 2. The van der Waals surface area contributed by atoms with Gasteiger partial charge in [-0.2, -0.15) is 0 Å². The zero-order chi connectivity index (χ0) is 17.3. The van der Waals surface area contributed by atoms with E-state index in [4.69, 9.17) is 19.9 Å². The van der Waals surface area contributed by atoms with Gasteiger partial charge < -0.3 is 25.3 Å². The van der Waals surface area contributed by atoms with Crippen LogP contribution < -0.4 is 20.5 Å². The van der Waals surface area contributed by atoms with Gasteiger partial charge in [-0.05, 0) is 12.1 Å². The molecule has 0 saturated heterocycles. The first-order valence-electron chi connectivity index (χ1n) is 8.46. The number of benzene rings is 1. The predicted molar refractivity (Wildman–Crippen MR) is 110 cm³/mol. The second-order valence-electron chi connectivity index (χ2n) is 7.13. The summed E-state index contributed by atoms with van der Waals surface area (Å²) in [7, 11) is 1.75. The number of methoxy groups -OCH3 is 1. The maximum atomic E-state index is 6.12. The molecule has 1 saturated carbocycles. The highest BCUT2D eigenvalue weighted by molar-refractivity contribution is 14.0. The zero-order valence-corrected chi connectivity index (χ0v) is 17.6. The van der Waals surface area contributed by atoms with Crippen LogP contribution in [0.4, 0.5) is 5.69 Å². The molecule has 3 rings (SSSR count). The third-order valence-corrected chi connectivity index (χ3v) is 5.02. The Balaban J connectivity index is 0.00000225. The second kappa shape index (κ2) is 7.99. The molecule has 1 aliphatic heterocycles. The molecular weight excluding hydrogens is 433 g/mol. The van der Waals surface area contributed by atoms with Crippen LogP contribution in [-0.4, -0.2) is 38.4 Å². The number of aliphatic imine (C=N–C) groups is 1. The molecule has 3 atom stereocenters. The minimum Gasteiger partial charge on any atom is -0.490 e. The van der Waals surface area contributed by atoms with Crippen LogP contribution in [0.3, 0.4) is 0 Å². The molecule has 1 aromatic carbocycles. The predicted octanol–water partition coefficient (Wildman–Crippen LogP) is 3.25. The van der Waals surface area contributed by atoms with Crippen LogP contribution in [0.25, 0.3) is 0 Å². The first kappa shape index (κ1) is 20.1. The highest BCUT2D eigenvalue weighted by atomic mass is 127. The van der Waals surface area contributed by atoms with Gasteiger partial charge in [-0.1, -0.05) is 20.8 Å². The molecule has 0 amide bonds. The van der Waals surface area contributed by atoms with Gasteiger partial charge in [0.15, 0.2) is 17.5 Å². The van der Waals surface area contributed by atoms with E-state index in [-0.39, 0.29) is 41.5 Å². The topological polar surface area (TPSA) is 78.1 Å². The SMILES string of the molecule is COC1C(C)C(N=C(N)Nc2ccc3c(c2)OCCCO3)C1(C)C.I. The van der Waals surface area contributed by atoms with Gasteiger partial charge in [-0.15, -0.1) is 24.0 Å². The van der Waals surface area contributed by atoms with Crippen molar-refractivity contribution in [2.45, 2.75) is 39.3 Å². The molecule has 1 aromatic rings. The highest BCUT2D eigenvalue weighted by Gasteiger charge is 2.54. The van der Waals surface area contributed by atoms with E-state index in [9.17, 15) is 0 Å². The van der Waals surface area contributed by atoms with E-state index in [0.717, 1.165) is 23.6 Å². The number of nitrogens with two attached hydrogens (primary N) is 1. The largest absolute Gasteiger partial charge is 0.490 e. The van der Waals surface area contributed by atoms with Crippen molar-refractivity contribution in [3.8, 4) is 11.5 Å². The lowest BCUT2D eigenvalue weighted by Gasteiger charge is -2.54. The summed E-state index contributed by atoms with van der Waals surface area (Å²) < 4.78 is 16.9. The fourth-order valence-electron chi connectivity index (χ4n) is 3.94. The van der Waals surface area contributed by atoms with E-state index in [2.05, 4.69) is 31.1 Å². The lowest BCUT2D eigenvalue weighted by molar-refractivity contribution is -0.132. The number of ether oxygens (including phenoxy) is 3. The molecule has 0 radical (unpaired) electrons. The standard InChI is InChI=1S/C18H27N3O3.HI/c1-11-15(18(2,3)16(11)22-4)21-17(19)20-12-6-7-13-14(10-12)24-9-5-8-23-13;/h6-7,10-11,15-16H,5,8-9H2,1-4H3,(H3,19,20,21);1H. The van der Waals surface area contributed by atoms with Crippen LogP contribution in [0, 0.1) is 11.3 Å². The maximum Gasteiger partial charge on any atom is 0.193 e. The van der Waals surface area contributed by atoms with Crippen LogP contribution in [0.2, 0.25) is 0 Å². The fourth-order valence-corrected chi connectivity index (χ4v) is 3.94. The molecule has 0 bridgehead atoms. The van der Waals surface area contributed by atoms with Gasteiger partial charge in [-0.3, -0.25) is 0 Å². The third kappa shape index (κ3) is 3.97. The normalized spacial score (nSPS) is 27.5. The van der Waals surface area contributed by atoms with Crippen molar-refractivity contribution in [2.75, 3.05) is 25.6 Å². The van der Waals surface area contributed by atoms with Crippen molar-refractivity contribution in [3.05, 3.63) is 18.2 Å². The minimum atomic E-state index is -0.0226. The van der Waals surface area contributed by atoms with Gasteiger partial charge in [-0.25, -0.2) is 4.99 Å². The van der Waals surface area contributed by atoms with E-state index in [1.165, 1.54) is 0 Å². The highest BCUT2D eigenvalue weighted by Crippen LogP contribution is 2.48. The average Bonchev–Trinajstić information content (AvgIpc) is 2.77. The summed E-state index contributed by atoms with van der Waals surface area (Å²) in [5.41, 5.74) is 6.94. The molecule has 1 heterocycles. The number of anilines is 1. The number of rotatable bonds is 3. The summed E-state index contributed by atoms with van der Waals surface area (Å²) in [4.78, 5) is 4.67. The van der Waals surface area contributed by atoms with Crippen LogP contribution >= 0.6 is 24.0 Å². The summed E-state index contributed by atoms with van der Waals surface area (Å²) in [5, 5.41) is 3.15. The molecule has 3 N–H and O–H groups in total. The fraction of sp³-hybridized carbons (Fsp3) is 0.611. The molecule has 2 aliphatic rings. The van der Waals surface area contributed by atoms with Crippen molar-refractivity contribution in [2.24, 2.45) is 22.1 Å². The van der Waals surface area contributed by atoms with Crippen molar-refractivity contribution in [1.29, 1.82) is 0 Å². The smallest absolute Gasteiger partial charge is 0.193 e. The molecule has 140 valence electrons. The summed E-state index contributed by atoms with van der Waals surface area (Å²) in [6.45, 7) is 7.81. The number of nitrogens with zero attached hydrogens (tertiary/aromatic N) is 1. The monoisotopic (exact) mass is 461 g/mol. The second-order valence-corrected chi connectivity index (χ2v) is 7.13. The van der Waals surface area contributed by atoms with Gasteiger partial charge >= 0.3 is 0 Å². The van der Waals surface area contributed by atoms with Crippen molar-refractivity contribution in [3.63, 3.8) is 0 Å². The number of guanidine groups is 1. The van der Waals surface area contributed by atoms with Gasteiger partial charge in [0.25, 0.3) is 0 Å².